The quantitative estimate of drug-likeness (QED) is 0.598. The molecule has 0 fully saturated rings. The van der Waals surface area contributed by atoms with E-state index >= 15 is 0 Å². The first-order valence-corrected chi connectivity index (χ1v) is 9.02. The van der Waals surface area contributed by atoms with E-state index in [0.717, 1.165) is 11.0 Å². The lowest BCUT2D eigenvalue weighted by Gasteiger charge is -2.11. The third-order valence-corrected chi connectivity index (χ3v) is 4.72. The van der Waals surface area contributed by atoms with Crippen LogP contribution in [0.25, 0.3) is 0 Å². The van der Waals surface area contributed by atoms with Gasteiger partial charge in [0.2, 0.25) is 10.0 Å². The second-order valence-electron chi connectivity index (χ2n) is 5.14. The van der Waals surface area contributed by atoms with Crippen LogP contribution in [0.2, 0.25) is 0 Å². The Hall–Kier alpha value is -2.03. The number of primary sulfonamides is 1. The highest BCUT2D eigenvalue weighted by atomic mass is 35.5. The normalized spacial score (nSPS) is 11.1. The standard InChI is InChI=1S/C15H16BClN2O4S/c1-23-13-7-11(3-5-14(13)24(18,21)22)19-15(20)9-2-4-12(16)10(6-9)8-17/h2-7H,8,16H2,1H3,(H,19,20)(H2,18,21,22). The molecular weight excluding hydrogens is 351 g/mol. The summed E-state index contributed by atoms with van der Waals surface area (Å²) < 4.78 is 28.0. The smallest absolute Gasteiger partial charge is 0.255 e. The molecule has 0 aliphatic carbocycles. The van der Waals surface area contributed by atoms with Gasteiger partial charge in [-0.2, -0.15) is 0 Å². The summed E-state index contributed by atoms with van der Waals surface area (Å²) in [5.74, 6) is 0.0246. The van der Waals surface area contributed by atoms with Crippen LogP contribution in [0.3, 0.4) is 0 Å². The third kappa shape index (κ3) is 4.08. The summed E-state index contributed by atoms with van der Waals surface area (Å²) in [6, 6.07) is 9.34. The van der Waals surface area contributed by atoms with Crippen LogP contribution >= 0.6 is 11.6 Å². The van der Waals surface area contributed by atoms with Crippen molar-refractivity contribution in [1.29, 1.82) is 0 Å². The molecule has 0 unspecified atom stereocenters. The zero-order chi connectivity index (χ0) is 17.9. The summed E-state index contributed by atoms with van der Waals surface area (Å²) in [6.07, 6.45) is 0. The maximum Gasteiger partial charge on any atom is 0.255 e. The van der Waals surface area contributed by atoms with Gasteiger partial charge in [0, 0.05) is 23.2 Å². The predicted octanol–water partition coefficient (Wildman–Crippen LogP) is 0.592. The van der Waals surface area contributed by atoms with Gasteiger partial charge in [-0.05, 0) is 29.8 Å². The number of methoxy groups -OCH3 is 1. The molecule has 0 aliphatic heterocycles. The van der Waals surface area contributed by atoms with Crippen LogP contribution in [0.1, 0.15) is 15.9 Å². The van der Waals surface area contributed by atoms with E-state index in [1.54, 1.807) is 12.1 Å². The molecule has 2 aromatic rings. The summed E-state index contributed by atoms with van der Waals surface area (Å²) in [5, 5.41) is 7.80. The highest BCUT2D eigenvalue weighted by Gasteiger charge is 2.16. The largest absolute Gasteiger partial charge is 0.495 e. The van der Waals surface area contributed by atoms with Gasteiger partial charge in [0.1, 0.15) is 18.5 Å². The van der Waals surface area contributed by atoms with Crippen molar-refractivity contribution in [3.8, 4) is 5.75 Å². The molecule has 6 nitrogen and oxygen atoms in total. The molecule has 126 valence electrons. The number of benzene rings is 2. The Morgan fingerprint density at radius 1 is 1.29 bits per heavy atom. The van der Waals surface area contributed by atoms with Gasteiger partial charge in [-0.3, -0.25) is 4.79 Å². The van der Waals surface area contributed by atoms with Crippen molar-refractivity contribution in [2.24, 2.45) is 5.14 Å². The molecule has 24 heavy (non-hydrogen) atoms. The van der Waals surface area contributed by atoms with E-state index < -0.39 is 10.0 Å². The van der Waals surface area contributed by atoms with Crippen molar-refractivity contribution < 1.29 is 17.9 Å². The topological polar surface area (TPSA) is 98.5 Å². The number of ether oxygens (including phenoxy) is 1. The number of halogens is 1. The van der Waals surface area contributed by atoms with Crippen LogP contribution in [-0.2, 0) is 15.9 Å². The number of rotatable bonds is 5. The van der Waals surface area contributed by atoms with Crippen LogP contribution in [0.4, 0.5) is 5.69 Å². The van der Waals surface area contributed by atoms with E-state index in [-0.39, 0.29) is 16.6 Å². The highest BCUT2D eigenvalue weighted by Crippen LogP contribution is 2.26. The second-order valence-corrected chi connectivity index (χ2v) is 6.94. The first kappa shape index (κ1) is 18.3. The molecule has 2 rings (SSSR count). The molecule has 0 saturated heterocycles. The summed E-state index contributed by atoms with van der Waals surface area (Å²) >= 11 is 5.85. The van der Waals surface area contributed by atoms with Crippen LogP contribution in [0.15, 0.2) is 41.3 Å². The third-order valence-electron chi connectivity index (χ3n) is 3.48. The number of hydrogen-bond acceptors (Lipinski definition) is 4. The number of carbonyl (C=O) groups excluding carboxylic acids is 1. The Bertz CT molecular complexity index is 887. The SMILES string of the molecule is Bc1ccc(C(=O)Nc2ccc(S(N)(=O)=O)c(OC)c2)cc1CCl. The molecule has 0 aliphatic rings. The number of amides is 1. The molecule has 1 amide bonds. The first-order chi connectivity index (χ1) is 11.3. The van der Waals surface area contributed by atoms with Crippen molar-refractivity contribution in [1.82, 2.24) is 0 Å². The van der Waals surface area contributed by atoms with E-state index in [4.69, 9.17) is 21.5 Å². The van der Waals surface area contributed by atoms with E-state index in [1.165, 1.54) is 25.3 Å². The average molecular weight is 367 g/mol. The summed E-state index contributed by atoms with van der Waals surface area (Å²) in [4.78, 5) is 12.2. The van der Waals surface area contributed by atoms with Crippen LogP contribution in [-0.4, -0.2) is 29.3 Å². The Kier molecular flexibility index (Phi) is 5.53. The number of carbonyl (C=O) groups is 1. The fourth-order valence-electron chi connectivity index (χ4n) is 2.14. The Morgan fingerprint density at radius 3 is 2.58 bits per heavy atom. The van der Waals surface area contributed by atoms with Gasteiger partial charge in [0.05, 0.1) is 7.11 Å². The number of nitrogens with two attached hydrogens (primary N) is 1. The summed E-state index contributed by atoms with van der Waals surface area (Å²) in [7, 11) is -0.674. The van der Waals surface area contributed by atoms with E-state index in [9.17, 15) is 13.2 Å². The van der Waals surface area contributed by atoms with Crippen molar-refractivity contribution in [2.45, 2.75) is 10.8 Å². The lowest BCUT2D eigenvalue weighted by molar-refractivity contribution is 0.102. The van der Waals surface area contributed by atoms with E-state index in [0.29, 0.717) is 17.1 Å². The molecule has 0 heterocycles. The molecule has 3 N–H and O–H groups in total. The minimum atomic E-state index is -3.91. The fourth-order valence-corrected chi connectivity index (χ4v) is 3.11. The molecule has 9 heteroatoms. The highest BCUT2D eigenvalue weighted by molar-refractivity contribution is 7.89. The number of sulfonamides is 1. The zero-order valence-electron chi connectivity index (χ0n) is 13.2. The van der Waals surface area contributed by atoms with E-state index in [2.05, 4.69) is 5.32 Å². The number of nitrogens with one attached hydrogen (secondary N) is 1. The predicted molar refractivity (Wildman–Crippen MR) is 96.5 cm³/mol. The number of hydrogen-bond donors (Lipinski definition) is 2. The molecular formula is C15H16BClN2O4S. The number of alkyl halides is 1. The second kappa shape index (κ2) is 7.25. The Balaban J connectivity index is 2.29. The van der Waals surface area contributed by atoms with Gasteiger partial charge in [-0.1, -0.05) is 11.5 Å². The van der Waals surface area contributed by atoms with Crippen LogP contribution < -0.4 is 20.7 Å². The minimum Gasteiger partial charge on any atom is -0.495 e. The lowest BCUT2D eigenvalue weighted by atomic mass is 9.90. The van der Waals surface area contributed by atoms with Gasteiger partial charge in [0.15, 0.2) is 0 Å². The van der Waals surface area contributed by atoms with Gasteiger partial charge >= 0.3 is 0 Å². The molecule has 0 spiro atoms. The van der Waals surface area contributed by atoms with Crippen molar-refractivity contribution in [3.63, 3.8) is 0 Å². The fraction of sp³-hybridized carbons (Fsp3) is 0.133. The molecule has 0 saturated carbocycles. The van der Waals surface area contributed by atoms with Gasteiger partial charge in [-0.25, -0.2) is 13.6 Å². The zero-order valence-corrected chi connectivity index (χ0v) is 14.7. The first-order valence-electron chi connectivity index (χ1n) is 6.94. The summed E-state index contributed by atoms with van der Waals surface area (Å²) in [6.45, 7) is 0. The molecule has 0 atom stereocenters. The van der Waals surface area contributed by atoms with Crippen molar-refractivity contribution in [3.05, 3.63) is 47.5 Å². The molecule has 0 aromatic heterocycles. The van der Waals surface area contributed by atoms with Gasteiger partial charge in [-0.15, -0.1) is 11.6 Å². The maximum absolute atomic E-state index is 12.3. The lowest BCUT2D eigenvalue weighted by Crippen LogP contribution is -2.17. The van der Waals surface area contributed by atoms with E-state index in [1.807, 2.05) is 13.9 Å². The number of anilines is 1. The Morgan fingerprint density at radius 2 is 2.00 bits per heavy atom. The molecule has 0 radical (unpaired) electrons. The molecule has 0 bridgehead atoms. The Labute approximate surface area is 146 Å². The van der Waals surface area contributed by atoms with Crippen molar-refractivity contribution in [2.75, 3.05) is 12.4 Å². The molecule has 2 aromatic carbocycles. The van der Waals surface area contributed by atoms with Crippen molar-refractivity contribution >= 4 is 46.5 Å². The maximum atomic E-state index is 12.3. The van der Waals surface area contributed by atoms with Crippen LogP contribution in [0.5, 0.6) is 5.75 Å². The average Bonchev–Trinajstić information content (AvgIpc) is 2.54. The van der Waals surface area contributed by atoms with Crippen LogP contribution in [0, 0.1) is 0 Å². The minimum absolute atomic E-state index is 0.0562. The monoisotopic (exact) mass is 366 g/mol. The van der Waals surface area contributed by atoms with Gasteiger partial charge < -0.3 is 10.1 Å². The summed E-state index contributed by atoms with van der Waals surface area (Å²) in [5.41, 5.74) is 2.70. The van der Waals surface area contributed by atoms with Gasteiger partial charge in [0.25, 0.3) is 5.91 Å².